The molecule has 3 fully saturated rings. The number of nitrogens with one attached hydrogen (secondary N) is 1. The summed E-state index contributed by atoms with van der Waals surface area (Å²) >= 11 is 0. The van der Waals surface area contributed by atoms with Crippen molar-refractivity contribution in [3.8, 4) is 0 Å². The molecule has 2 N–H and O–H groups in total. The second kappa shape index (κ2) is 6.54. The zero-order chi connectivity index (χ0) is 16.4. The molecule has 0 bridgehead atoms. The maximum atomic E-state index is 12.3. The van der Waals surface area contributed by atoms with Crippen LogP contribution < -0.4 is 5.32 Å². The smallest absolute Gasteiger partial charge is 0.300 e. The van der Waals surface area contributed by atoms with Crippen LogP contribution in [0.5, 0.6) is 0 Å². The van der Waals surface area contributed by atoms with E-state index in [1.807, 2.05) is 11.9 Å². The highest BCUT2D eigenvalue weighted by atomic mass is 16.5. The zero-order valence-corrected chi connectivity index (χ0v) is 13.9. The third kappa shape index (κ3) is 3.60. The first-order chi connectivity index (χ1) is 10.4. The second-order valence-electron chi connectivity index (χ2n) is 6.68. The van der Waals surface area contributed by atoms with E-state index in [-0.39, 0.29) is 11.5 Å². The Morgan fingerprint density at radius 3 is 2.32 bits per heavy atom. The van der Waals surface area contributed by atoms with Gasteiger partial charge < -0.3 is 20.1 Å². The number of morpholine rings is 1. The average molecular weight is 312 g/mol. The summed E-state index contributed by atoms with van der Waals surface area (Å²) in [5, 5.41) is 10.8. The van der Waals surface area contributed by atoms with Gasteiger partial charge in [-0.1, -0.05) is 0 Å². The van der Waals surface area contributed by atoms with Crippen LogP contribution >= 0.6 is 0 Å². The predicted molar refractivity (Wildman–Crippen MR) is 82.7 cm³/mol. The summed E-state index contributed by atoms with van der Waals surface area (Å²) in [6, 6.07) is 0.627. The first-order valence-corrected chi connectivity index (χ1v) is 8.23. The van der Waals surface area contributed by atoms with Crippen LogP contribution in [0.25, 0.3) is 0 Å². The molecule has 6 heteroatoms. The van der Waals surface area contributed by atoms with Gasteiger partial charge in [-0.2, -0.15) is 0 Å². The van der Waals surface area contributed by atoms with Crippen LogP contribution in [0.3, 0.4) is 0 Å². The van der Waals surface area contributed by atoms with Crippen LogP contribution in [0, 0.1) is 0 Å². The third-order valence-corrected chi connectivity index (χ3v) is 4.96. The van der Waals surface area contributed by atoms with Crippen molar-refractivity contribution in [2.75, 3.05) is 20.1 Å². The van der Waals surface area contributed by atoms with Gasteiger partial charge in [0, 0.05) is 26.1 Å². The molecule has 3 aliphatic rings. The number of aliphatic carboxylic acids is 1. The van der Waals surface area contributed by atoms with Crippen molar-refractivity contribution in [3.05, 3.63) is 0 Å². The van der Waals surface area contributed by atoms with Crippen LogP contribution in [0.4, 0.5) is 0 Å². The molecule has 2 spiro atoms. The lowest BCUT2D eigenvalue weighted by Crippen LogP contribution is -2.61. The van der Waals surface area contributed by atoms with E-state index < -0.39 is 11.6 Å². The Morgan fingerprint density at radius 2 is 1.91 bits per heavy atom. The van der Waals surface area contributed by atoms with Crippen molar-refractivity contribution < 1.29 is 19.4 Å². The summed E-state index contributed by atoms with van der Waals surface area (Å²) in [4.78, 5) is 23.3. The summed E-state index contributed by atoms with van der Waals surface area (Å²) in [6.45, 7) is 4.79. The SMILES string of the molecule is CC(=O)O.CCN1CC2(CCC(NC)CC2)OC2(CC2)C1=O. The first kappa shape index (κ1) is 17.2. The number of ether oxygens (including phenoxy) is 1. The molecule has 1 heterocycles. The number of amides is 1. The van der Waals surface area contributed by atoms with Gasteiger partial charge in [0.05, 0.1) is 5.60 Å². The molecule has 0 aromatic heterocycles. The number of nitrogens with zero attached hydrogens (tertiary/aromatic N) is 1. The summed E-state index contributed by atoms with van der Waals surface area (Å²) in [5.41, 5.74) is -0.464. The molecule has 3 rings (SSSR count). The molecule has 0 aromatic carbocycles. The molecule has 6 nitrogen and oxygen atoms in total. The van der Waals surface area contributed by atoms with Gasteiger partial charge in [0.2, 0.25) is 0 Å². The van der Waals surface area contributed by atoms with Crippen molar-refractivity contribution in [3.63, 3.8) is 0 Å². The van der Waals surface area contributed by atoms with E-state index in [1.165, 1.54) is 12.8 Å². The maximum absolute atomic E-state index is 12.3. The minimum absolute atomic E-state index is 0.0478. The number of rotatable bonds is 2. The highest BCUT2D eigenvalue weighted by molar-refractivity contribution is 5.89. The Labute approximate surface area is 132 Å². The van der Waals surface area contributed by atoms with Gasteiger partial charge in [-0.15, -0.1) is 0 Å². The number of likely N-dealkylation sites (N-methyl/N-ethyl adjacent to an activating group) is 1. The van der Waals surface area contributed by atoms with E-state index in [4.69, 9.17) is 14.6 Å². The quantitative estimate of drug-likeness (QED) is 0.805. The van der Waals surface area contributed by atoms with Crippen molar-refractivity contribution in [1.82, 2.24) is 10.2 Å². The van der Waals surface area contributed by atoms with Crippen LogP contribution in [-0.2, 0) is 14.3 Å². The lowest BCUT2D eigenvalue weighted by Gasteiger charge is -2.49. The highest BCUT2D eigenvalue weighted by Crippen LogP contribution is 2.50. The van der Waals surface area contributed by atoms with Gasteiger partial charge in [-0.3, -0.25) is 9.59 Å². The third-order valence-electron chi connectivity index (χ3n) is 4.96. The summed E-state index contributed by atoms with van der Waals surface area (Å²) < 4.78 is 6.33. The Bertz CT molecular complexity index is 422. The molecule has 0 atom stereocenters. The maximum Gasteiger partial charge on any atom is 0.300 e. The van der Waals surface area contributed by atoms with Crippen molar-refractivity contribution in [2.45, 2.75) is 69.6 Å². The first-order valence-electron chi connectivity index (χ1n) is 8.23. The summed E-state index contributed by atoms with van der Waals surface area (Å²) in [6.07, 6.45) is 6.36. The normalized spacial score (nSPS) is 32.6. The molecule has 1 saturated heterocycles. The van der Waals surface area contributed by atoms with Crippen molar-refractivity contribution in [2.24, 2.45) is 0 Å². The van der Waals surface area contributed by atoms with Gasteiger partial charge in [0.1, 0.15) is 5.60 Å². The number of hydrogen-bond donors (Lipinski definition) is 2. The van der Waals surface area contributed by atoms with Gasteiger partial charge in [0.25, 0.3) is 11.9 Å². The zero-order valence-electron chi connectivity index (χ0n) is 13.9. The van der Waals surface area contributed by atoms with Gasteiger partial charge in [0.15, 0.2) is 0 Å². The fraction of sp³-hybridized carbons (Fsp3) is 0.875. The van der Waals surface area contributed by atoms with E-state index in [0.29, 0.717) is 6.04 Å². The minimum Gasteiger partial charge on any atom is -0.481 e. The Kier molecular flexibility index (Phi) is 5.12. The monoisotopic (exact) mass is 312 g/mol. The molecule has 2 saturated carbocycles. The van der Waals surface area contributed by atoms with E-state index in [2.05, 4.69) is 12.2 Å². The lowest BCUT2D eigenvalue weighted by atomic mass is 9.80. The van der Waals surface area contributed by atoms with E-state index in [9.17, 15) is 4.79 Å². The number of carbonyl (C=O) groups excluding carboxylic acids is 1. The number of carboxylic acid groups (broad SMARTS) is 1. The van der Waals surface area contributed by atoms with Gasteiger partial charge in [-0.25, -0.2) is 0 Å². The Balaban J connectivity index is 0.000000396. The topological polar surface area (TPSA) is 78.9 Å². The van der Waals surface area contributed by atoms with E-state index in [1.54, 1.807) is 0 Å². The van der Waals surface area contributed by atoms with Crippen LogP contribution in [0.1, 0.15) is 52.4 Å². The largest absolute Gasteiger partial charge is 0.481 e. The molecule has 126 valence electrons. The summed E-state index contributed by atoms with van der Waals surface area (Å²) in [7, 11) is 2.04. The van der Waals surface area contributed by atoms with E-state index in [0.717, 1.165) is 45.7 Å². The molecular formula is C16H28N2O4. The predicted octanol–water partition coefficient (Wildman–Crippen LogP) is 1.39. The summed E-state index contributed by atoms with van der Waals surface area (Å²) in [5.74, 6) is -0.591. The minimum atomic E-state index is -0.833. The van der Waals surface area contributed by atoms with Gasteiger partial charge in [-0.05, 0) is 52.5 Å². The molecule has 0 unspecified atom stereocenters. The molecule has 1 aliphatic heterocycles. The van der Waals surface area contributed by atoms with Crippen molar-refractivity contribution in [1.29, 1.82) is 0 Å². The fourth-order valence-electron chi connectivity index (χ4n) is 3.58. The van der Waals surface area contributed by atoms with Crippen molar-refractivity contribution >= 4 is 11.9 Å². The second-order valence-corrected chi connectivity index (χ2v) is 6.68. The molecule has 22 heavy (non-hydrogen) atoms. The highest BCUT2D eigenvalue weighted by Gasteiger charge is 2.61. The van der Waals surface area contributed by atoms with Crippen LogP contribution in [-0.4, -0.2) is 59.3 Å². The van der Waals surface area contributed by atoms with Crippen LogP contribution in [0.2, 0.25) is 0 Å². The Morgan fingerprint density at radius 1 is 1.36 bits per heavy atom. The standard InChI is InChI=1S/C14H24N2O2.C2H4O2/c1-3-16-10-13(6-4-11(15-2)5-7-13)18-14(8-9-14)12(16)17;1-2(3)4/h11,15H,3-10H2,1-2H3;1H3,(H,3,4). The van der Waals surface area contributed by atoms with Crippen LogP contribution in [0.15, 0.2) is 0 Å². The average Bonchev–Trinajstić information content (AvgIpc) is 3.24. The molecule has 0 aromatic rings. The molecule has 1 amide bonds. The molecule has 2 aliphatic carbocycles. The van der Waals surface area contributed by atoms with Gasteiger partial charge >= 0.3 is 0 Å². The Hall–Kier alpha value is -1.14. The number of hydrogen-bond acceptors (Lipinski definition) is 4. The fourth-order valence-corrected chi connectivity index (χ4v) is 3.58. The molecule has 0 radical (unpaired) electrons. The number of carboxylic acids is 1. The molecular weight excluding hydrogens is 284 g/mol. The number of carbonyl (C=O) groups is 2. The van der Waals surface area contributed by atoms with E-state index >= 15 is 0 Å². The lowest BCUT2D eigenvalue weighted by molar-refractivity contribution is -0.198.